The minimum Gasteiger partial charge on any atom is -0.473 e. The van der Waals surface area contributed by atoms with Gasteiger partial charge in [0.15, 0.2) is 5.71 Å². The average molecular weight is 407 g/mol. The summed E-state index contributed by atoms with van der Waals surface area (Å²) in [5.41, 5.74) is 5.75. The number of oxime groups is 1. The number of aryl methyl sites for hydroxylation is 3. The maximum absolute atomic E-state index is 12.1. The molecule has 0 saturated heterocycles. The standard InChI is InChI=1S/C23H25N3O4/c1-15-10-11-17(12-16(15)2)20-13-21(26(3)24-20)30-14-18-8-6-7-9-19(18)22(25-29-5)23(27)28-4/h6-13H,14H2,1-5H3/b25-22+. The van der Waals surface area contributed by atoms with Crippen molar-refractivity contribution in [3.63, 3.8) is 0 Å². The molecule has 0 bridgehead atoms. The Labute approximate surface area is 175 Å². The summed E-state index contributed by atoms with van der Waals surface area (Å²) in [5.74, 6) is 0.0307. The van der Waals surface area contributed by atoms with Gasteiger partial charge in [0.1, 0.15) is 13.7 Å². The van der Waals surface area contributed by atoms with Crippen LogP contribution < -0.4 is 4.74 Å². The van der Waals surface area contributed by atoms with Gasteiger partial charge in [0.05, 0.1) is 12.8 Å². The number of hydrogen-bond donors (Lipinski definition) is 0. The van der Waals surface area contributed by atoms with Gasteiger partial charge in [0, 0.05) is 24.2 Å². The van der Waals surface area contributed by atoms with Gasteiger partial charge >= 0.3 is 5.97 Å². The van der Waals surface area contributed by atoms with Crippen LogP contribution in [0.3, 0.4) is 0 Å². The van der Waals surface area contributed by atoms with Gasteiger partial charge in [-0.2, -0.15) is 5.10 Å². The molecule has 0 fully saturated rings. The van der Waals surface area contributed by atoms with E-state index >= 15 is 0 Å². The molecule has 0 spiro atoms. The fourth-order valence-electron chi connectivity index (χ4n) is 3.04. The third-order valence-corrected chi connectivity index (χ3v) is 4.85. The van der Waals surface area contributed by atoms with E-state index in [-0.39, 0.29) is 12.3 Å². The van der Waals surface area contributed by atoms with Crippen LogP contribution in [0.5, 0.6) is 5.88 Å². The monoisotopic (exact) mass is 407 g/mol. The maximum atomic E-state index is 12.1. The molecule has 2 aromatic carbocycles. The fourth-order valence-corrected chi connectivity index (χ4v) is 3.04. The van der Waals surface area contributed by atoms with Crippen molar-refractivity contribution in [2.24, 2.45) is 12.2 Å². The number of benzene rings is 2. The summed E-state index contributed by atoms with van der Waals surface area (Å²) in [5, 5.41) is 8.39. The van der Waals surface area contributed by atoms with E-state index in [0.717, 1.165) is 16.8 Å². The van der Waals surface area contributed by atoms with E-state index in [1.165, 1.54) is 25.3 Å². The van der Waals surface area contributed by atoms with Crippen molar-refractivity contribution < 1.29 is 19.1 Å². The van der Waals surface area contributed by atoms with Gasteiger partial charge in [0.2, 0.25) is 5.88 Å². The van der Waals surface area contributed by atoms with Crippen LogP contribution >= 0.6 is 0 Å². The van der Waals surface area contributed by atoms with Crippen LogP contribution in [0.15, 0.2) is 53.7 Å². The van der Waals surface area contributed by atoms with E-state index < -0.39 is 5.97 Å². The van der Waals surface area contributed by atoms with Gasteiger partial charge < -0.3 is 14.3 Å². The molecule has 0 amide bonds. The Hall–Kier alpha value is -3.61. The molecule has 3 aromatic rings. The first-order chi connectivity index (χ1) is 14.4. The van der Waals surface area contributed by atoms with E-state index in [2.05, 4.69) is 36.2 Å². The van der Waals surface area contributed by atoms with Gasteiger partial charge in [-0.1, -0.05) is 41.6 Å². The summed E-state index contributed by atoms with van der Waals surface area (Å²) in [6, 6.07) is 15.5. The highest BCUT2D eigenvalue weighted by molar-refractivity contribution is 6.43. The maximum Gasteiger partial charge on any atom is 0.360 e. The molecule has 0 atom stereocenters. The molecule has 0 aliphatic heterocycles. The lowest BCUT2D eigenvalue weighted by Crippen LogP contribution is -2.20. The predicted octanol–water partition coefficient (Wildman–Crippen LogP) is 3.81. The van der Waals surface area contributed by atoms with Crippen molar-refractivity contribution in [3.8, 4) is 17.1 Å². The highest BCUT2D eigenvalue weighted by Gasteiger charge is 2.19. The van der Waals surface area contributed by atoms with E-state index in [1.54, 1.807) is 10.7 Å². The molecule has 0 aliphatic rings. The van der Waals surface area contributed by atoms with E-state index in [0.29, 0.717) is 11.4 Å². The number of hydrogen-bond acceptors (Lipinski definition) is 6. The molecule has 1 aromatic heterocycles. The number of carbonyl (C=O) groups excluding carboxylic acids is 1. The van der Waals surface area contributed by atoms with Crippen LogP contribution in [-0.2, 0) is 28.0 Å². The number of esters is 1. The number of rotatable bonds is 7. The molecular formula is C23H25N3O4. The lowest BCUT2D eigenvalue weighted by Gasteiger charge is -2.11. The van der Waals surface area contributed by atoms with Crippen LogP contribution in [0.4, 0.5) is 0 Å². The summed E-state index contributed by atoms with van der Waals surface area (Å²) >= 11 is 0. The van der Waals surface area contributed by atoms with Gasteiger partial charge in [-0.15, -0.1) is 0 Å². The molecular weight excluding hydrogens is 382 g/mol. The first kappa shape index (κ1) is 21.1. The summed E-state index contributed by atoms with van der Waals surface area (Å²) in [6.07, 6.45) is 0. The third kappa shape index (κ3) is 4.51. The Morgan fingerprint density at radius 3 is 2.53 bits per heavy atom. The Bertz CT molecular complexity index is 1090. The second-order valence-electron chi connectivity index (χ2n) is 6.85. The number of carbonyl (C=O) groups is 1. The molecule has 0 radical (unpaired) electrons. The molecule has 7 heteroatoms. The van der Waals surface area contributed by atoms with Crippen LogP contribution in [0.25, 0.3) is 11.3 Å². The normalized spacial score (nSPS) is 11.3. The third-order valence-electron chi connectivity index (χ3n) is 4.85. The second-order valence-corrected chi connectivity index (χ2v) is 6.85. The van der Waals surface area contributed by atoms with Crippen molar-refractivity contribution in [2.45, 2.75) is 20.5 Å². The van der Waals surface area contributed by atoms with Gasteiger partial charge in [-0.3, -0.25) is 0 Å². The Balaban J connectivity index is 1.85. The smallest absolute Gasteiger partial charge is 0.360 e. The van der Waals surface area contributed by atoms with E-state index in [4.69, 9.17) is 14.3 Å². The fraction of sp³-hybridized carbons (Fsp3) is 0.261. The molecule has 7 nitrogen and oxygen atoms in total. The van der Waals surface area contributed by atoms with Crippen LogP contribution in [0.1, 0.15) is 22.3 Å². The lowest BCUT2D eigenvalue weighted by atomic mass is 10.0. The van der Waals surface area contributed by atoms with Gasteiger partial charge in [0.25, 0.3) is 0 Å². The lowest BCUT2D eigenvalue weighted by molar-refractivity contribution is -0.132. The molecule has 30 heavy (non-hydrogen) atoms. The number of aromatic nitrogens is 2. The second kappa shape index (κ2) is 9.26. The Morgan fingerprint density at radius 2 is 1.83 bits per heavy atom. The molecule has 0 unspecified atom stereocenters. The molecule has 3 rings (SSSR count). The zero-order chi connectivity index (χ0) is 21.7. The van der Waals surface area contributed by atoms with Crippen molar-refractivity contribution in [2.75, 3.05) is 14.2 Å². The zero-order valence-electron chi connectivity index (χ0n) is 17.8. The SMILES string of the molecule is CO/N=C(/C(=O)OC)c1ccccc1COc1cc(-c2ccc(C)c(C)c2)nn1C. The number of methoxy groups -OCH3 is 1. The van der Waals surface area contributed by atoms with Crippen LogP contribution in [-0.4, -0.2) is 35.7 Å². The Kier molecular flexibility index (Phi) is 6.51. The minimum absolute atomic E-state index is 0.0834. The Morgan fingerprint density at radius 1 is 1.07 bits per heavy atom. The largest absolute Gasteiger partial charge is 0.473 e. The van der Waals surface area contributed by atoms with Crippen molar-refractivity contribution in [3.05, 3.63) is 70.8 Å². The van der Waals surface area contributed by atoms with E-state index in [1.807, 2.05) is 37.4 Å². The van der Waals surface area contributed by atoms with Crippen LogP contribution in [0.2, 0.25) is 0 Å². The van der Waals surface area contributed by atoms with Crippen molar-refractivity contribution in [1.29, 1.82) is 0 Å². The first-order valence-corrected chi connectivity index (χ1v) is 9.46. The molecule has 0 N–H and O–H groups in total. The van der Waals surface area contributed by atoms with Crippen LogP contribution in [0, 0.1) is 13.8 Å². The molecule has 0 saturated carbocycles. The number of nitrogens with zero attached hydrogens (tertiary/aromatic N) is 3. The molecule has 156 valence electrons. The number of ether oxygens (including phenoxy) is 2. The highest BCUT2D eigenvalue weighted by Crippen LogP contribution is 2.25. The topological polar surface area (TPSA) is 74.9 Å². The van der Waals surface area contributed by atoms with Gasteiger partial charge in [-0.05, 0) is 36.6 Å². The first-order valence-electron chi connectivity index (χ1n) is 9.46. The summed E-state index contributed by atoms with van der Waals surface area (Å²) in [6.45, 7) is 4.39. The quantitative estimate of drug-likeness (QED) is 0.338. The molecule has 1 heterocycles. The zero-order valence-corrected chi connectivity index (χ0v) is 17.8. The highest BCUT2D eigenvalue weighted by atomic mass is 16.6. The van der Waals surface area contributed by atoms with Gasteiger partial charge in [-0.25, -0.2) is 9.48 Å². The van der Waals surface area contributed by atoms with Crippen molar-refractivity contribution in [1.82, 2.24) is 9.78 Å². The molecule has 0 aliphatic carbocycles. The summed E-state index contributed by atoms with van der Waals surface area (Å²) in [7, 11) is 4.51. The van der Waals surface area contributed by atoms with Crippen molar-refractivity contribution >= 4 is 11.7 Å². The predicted molar refractivity (Wildman–Crippen MR) is 114 cm³/mol. The summed E-state index contributed by atoms with van der Waals surface area (Å²) < 4.78 is 12.5. The van der Waals surface area contributed by atoms with E-state index in [9.17, 15) is 4.79 Å². The minimum atomic E-state index is -0.582. The summed E-state index contributed by atoms with van der Waals surface area (Å²) in [4.78, 5) is 16.9. The average Bonchev–Trinajstić information content (AvgIpc) is 3.12.